The van der Waals surface area contributed by atoms with Gasteiger partial charge in [-0.3, -0.25) is 4.79 Å². The maximum absolute atomic E-state index is 11.7. The van der Waals surface area contributed by atoms with Gasteiger partial charge in [-0.1, -0.05) is 6.07 Å². The summed E-state index contributed by atoms with van der Waals surface area (Å²) in [6.45, 7) is 4.50. The van der Waals surface area contributed by atoms with Crippen molar-refractivity contribution in [2.45, 2.75) is 33.1 Å². The highest BCUT2D eigenvalue weighted by Crippen LogP contribution is 2.26. The fraction of sp³-hybridized carbons (Fsp3) is 0.500. The molecule has 100 valence electrons. The van der Waals surface area contributed by atoms with Gasteiger partial charge >= 0.3 is 0 Å². The SMILES string of the molecule is CCOc1cc(C)ccc1NC(=O)CCCCCl. The monoisotopic (exact) mass is 269 g/mol. The van der Waals surface area contributed by atoms with Crippen molar-refractivity contribution in [1.29, 1.82) is 0 Å². The molecular formula is C14H20ClNO2. The molecule has 18 heavy (non-hydrogen) atoms. The van der Waals surface area contributed by atoms with Crippen molar-refractivity contribution < 1.29 is 9.53 Å². The lowest BCUT2D eigenvalue weighted by Gasteiger charge is -2.12. The number of nitrogens with one attached hydrogen (secondary N) is 1. The van der Waals surface area contributed by atoms with Crippen LogP contribution in [0.4, 0.5) is 5.69 Å². The summed E-state index contributed by atoms with van der Waals surface area (Å²) in [6.07, 6.45) is 2.17. The Morgan fingerprint density at radius 1 is 1.39 bits per heavy atom. The lowest BCUT2D eigenvalue weighted by Crippen LogP contribution is -2.12. The Bertz CT molecular complexity index is 393. The predicted octanol–water partition coefficient (Wildman–Crippen LogP) is 3.74. The van der Waals surface area contributed by atoms with Crippen LogP contribution in [0.2, 0.25) is 0 Å². The summed E-state index contributed by atoms with van der Waals surface area (Å²) in [5.74, 6) is 1.33. The van der Waals surface area contributed by atoms with Crippen molar-refractivity contribution in [3.8, 4) is 5.75 Å². The van der Waals surface area contributed by atoms with Crippen LogP contribution in [-0.2, 0) is 4.79 Å². The number of carbonyl (C=O) groups is 1. The molecule has 0 fully saturated rings. The van der Waals surface area contributed by atoms with Crippen LogP contribution in [0.3, 0.4) is 0 Å². The van der Waals surface area contributed by atoms with E-state index in [9.17, 15) is 4.79 Å². The van der Waals surface area contributed by atoms with Crippen LogP contribution >= 0.6 is 11.6 Å². The molecule has 0 radical (unpaired) electrons. The predicted molar refractivity (Wildman–Crippen MR) is 75.5 cm³/mol. The second-order valence-electron chi connectivity index (χ2n) is 4.13. The number of ether oxygens (including phenoxy) is 1. The molecule has 0 heterocycles. The minimum Gasteiger partial charge on any atom is -0.492 e. The van der Waals surface area contributed by atoms with Crippen molar-refractivity contribution >= 4 is 23.2 Å². The number of anilines is 1. The van der Waals surface area contributed by atoms with Crippen LogP contribution < -0.4 is 10.1 Å². The number of amides is 1. The van der Waals surface area contributed by atoms with E-state index in [2.05, 4.69) is 5.32 Å². The lowest BCUT2D eigenvalue weighted by atomic mass is 10.2. The van der Waals surface area contributed by atoms with Crippen LogP contribution in [-0.4, -0.2) is 18.4 Å². The van der Waals surface area contributed by atoms with Crippen LogP contribution in [0.1, 0.15) is 31.7 Å². The van der Waals surface area contributed by atoms with E-state index in [1.807, 2.05) is 32.0 Å². The Morgan fingerprint density at radius 3 is 2.83 bits per heavy atom. The highest BCUT2D eigenvalue weighted by atomic mass is 35.5. The third-order valence-electron chi connectivity index (χ3n) is 2.50. The molecule has 0 saturated heterocycles. The molecule has 0 atom stereocenters. The zero-order valence-corrected chi connectivity index (χ0v) is 11.7. The van der Waals surface area contributed by atoms with E-state index in [4.69, 9.17) is 16.3 Å². The van der Waals surface area contributed by atoms with E-state index in [0.29, 0.717) is 18.9 Å². The van der Waals surface area contributed by atoms with Crippen LogP contribution in [0.15, 0.2) is 18.2 Å². The van der Waals surface area contributed by atoms with Gasteiger partial charge in [-0.15, -0.1) is 11.6 Å². The molecule has 0 unspecified atom stereocenters. The number of alkyl halides is 1. The summed E-state index contributed by atoms with van der Waals surface area (Å²) in [4.78, 5) is 11.7. The van der Waals surface area contributed by atoms with Gasteiger partial charge in [0.05, 0.1) is 12.3 Å². The Morgan fingerprint density at radius 2 is 2.17 bits per heavy atom. The normalized spacial score (nSPS) is 10.2. The van der Waals surface area contributed by atoms with Gasteiger partial charge in [-0.05, 0) is 44.4 Å². The molecule has 0 aromatic heterocycles. The highest BCUT2D eigenvalue weighted by Gasteiger charge is 2.07. The molecule has 0 aliphatic heterocycles. The molecule has 0 aliphatic rings. The van der Waals surface area contributed by atoms with Gasteiger partial charge in [0.1, 0.15) is 5.75 Å². The second-order valence-corrected chi connectivity index (χ2v) is 4.50. The average Bonchev–Trinajstić information content (AvgIpc) is 2.33. The molecule has 0 spiro atoms. The van der Waals surface area contributed by atoms with Gasteiger partial charge in [-0.25, -0.2) is 0 Å². The fourth-order valence-corrected chi connectivity index (χ4v) is 1.79. The molecule has 1 aromatic rings. The highest BCUT2D eigenvalue weighted by molar-refractivity contribution is 6.17. The summed E-state index contributed by atoms with van der Waals surface area (Å²) in [6, 6.07) is 5.76. The maximum atomic E-state index is 11.7. The van der Waals surface area contributed by atoms with Crippen molar-refractivity contribution in [1.82, 2.24) is 0 Å². The van der Waals surface area contributed by atoms with E-state index < -0.39 is 0 Å². The quantitative estimate of drug-likeness (QED) is 0.605. The number of benzene rings is 1. The van der Waals surface area contributed by atoms with Gasteiger partial charge in [0, 0.05) is 12.3 Å². The van der Waals surface area contributed by atoms with Crippen LogP contribution in [0.5, 0.6) is 5.75 Å². The molecule has 1 aromatic carbocycles. The van der Waals surface area contributed by atoms with E-state index in [1.165, 1.54) is 0 Å². The van der Waals surface area contributed by atoms with E-state index in [1.54, 1.807) is 0 Å². The number of halogens is 1. The third-order valence-corrected chi connectivity index (χ3v) is 2.77. The lowest BCUT2D eigenvalue weighted by molar-refractivity contribution is -0.116. The number of hydrogen-bond acceptors (Lipinski definition) is 2. The molecule has 3 nitrogen and oxygen atoms in total. The molecular weight excluding hydrogens is 250 g/mol. The van der Waals surface area contributed by atoms with E-state index in [-0.39, 0.29) is 5.91 Å². The Kier molecular flexibility index (Phi) is 6.58. The molecule has 4 heteroatoms. The van der Waals surface area contributed by atoms with Gasteiger partial charge in [-0.2, -0.15) is 0 Å². The Labute approximate surface area is 113 Å². The summed E-state index contributed by atoms with van der Waals surface area (Å²) in [5.41, 5.74) is 1.84. The first-order valence-electron chi connectivity index (χ1n) is 6.26. The summed E-state index contributed by atoms with van der Waals surface area (Å²) < 4.78 is 5.51. The van der Waals surface area contributed by atoms with E-state index >= 15 is 0 Å². The third kappa shape index (κ3) is 4.96. The number of unbranched alkanes of at least 4 members (excludes halogenated alkanes) is 1. The molecule has 0 bridgehead atoms. The minimum absolute atomic E-state index is 0.00456. The van der Waals surface area contributed by atoms with Gasteiger partial charge in [0.15, 0.2) is 0 Å². The Balaban J connectivity index is 2.62. The number of aryl methyl sites for hydroxylation is 1. The first kappa shape index (κ1) is 14.8. The van der Waals surface area contributed by atoms with Crippen molar-refractivity contribution in [3.05, 3.63) is 23.8 Å². The molecule has 1 rings (SSSR count). The maximum Gasteiger partial charge on any atom is 0.224 e. The first-order valence-corrected chi connectivity index (χ1v) is 6.80. The summed E-state index contributed by atoms with van der Waals surface area (Å²) in [5, 5.41) is 2.87. The number of rotatable bonds is 7. The van der Waals surface area contributed by atoms with Crippen LogP contribution in [0.25, 0.3) is 0 Å². The fourth-order valence-electron chi connectivity index (χ4n) is 1.60. The topological polar surface area (TPSA) is 38.3 Å². The minimum atomic E-state index is 0.00456. The molecule has 0 aliphatic carbocycles. The molecule has 1 N–H and O–H groups in total. The number of carbonyl (C=O) groups excluding carboxylic acids is 1. The summed E-state index contributed by atoms with van der Waals surface area (Å²) in [7, 11) is 0. The summed E-state index contributed by atoms with van der Waals surface area (Å²) >= 11 is 5.58. The van der Waals surface area contributed by atoms with Gasteiger partial charge in [0.2, 0.25) is 5.91 Å². The number of hydrogen-bond donors (Lipinski definition) is 1. The largest absolute Gasteiger partial charge is 0.492 e. The van der Waals surface area contributed by atoms with E-state index in [0.717, 1.165) is 29.8 Å². The van der Waals surface area contributed by atoms with Gasteiger partial charge < -0.3 is 10.1 Å². The zero-order valence-electron chi connectivity index (χ0n) is 11.0. The van der Waals surface area contributed by atoms with Gasteiger partial charge in [0.25, 0.3) is 0 Å². The van der Waals surface area contributed by atoms with Crippen molar-refractivity contribution in [2.24, 2.45) is 0 Å². The van der Waals surface area contributed by atoms with Crippen molar-refractivity contribution in [3.63, 3.8) is 0 Å². The van der Waals surface area contributed by atoms with Crippen molar-refractivity contribution in [2.75, 3.05) is 17.8 Å². The Hall–Kier alpha value is -1.22. The smallest absolute Gasteiger partial charge is 0.224 e. The average molecular weight is 270 g/mol. The second kappa shape index (κ2) is 7.98. The zero-order chi connectivity index (χ0) is 13.4. The van der Waals surface area contributed by atoms with Crippen LogP contribution in [0, 0.1) is 6.92 Å². The molecule has 1 amide bonds. The standard InChI is InChI=1S/C14H20ClNO2/c1-3-18-13-10-11(2)7-8-12(13)16-14(17)6-4-5-9-15/h7-8,10H,3-6,9H2,1-2H3,(H,16,17). The first-order chi connectivity index (χ1) is 8.67. The molecule has 0 saturated carbocycles.